The van der Waals surface area contributed by atoms with Gasteiger partial charge in [-0.3, -0.25) is 9.78 Å². The van der Waals surface area contributed by atoms with E-state index in [1.54, 1.807) is 36.7 Å². The first-order valence-electron chi connectivity index (χ1n) is 13.5. The van der Waals surface area contributed by atoms with E-state index in [0.29, 0.717) is 22.9 Å². The van der Waals surface area contributed by atoms with Crippen molar-refractivity contribution in [2.75, 3.05) is 5.75 Å². The number of pyridine rings is 2. The molecule has 0 bridgehead atoms. The second kappa shape index (κ2) is 13.7. The van der Waals surface area contributed by atoms with Crippen LogP contribution in [0.15, 0.2) is 96.4 Å². The zero-order chi connectivity index (χ0) is 29.5. The number of benzene rings is 2. The van der Waals surface area contributed by atoms with E-state index in [1.165, 1.54) is 18.0 Å². The van der Waals surface area contributed by atoms with Gasteiger partial charge in [0.2, 0.25) is 0 Å². The molecule has 0 saturated carbocycles. The van der Waals surface area contributed by atoms with Crippen LogP contribution >= 0.6 is 11.8 Å². The van der Waals surface area contributed by atoms with E-state index in [9.17, 15) is 19.8 Å². The lowest BCUT2D eigenvalue weighted by Gasteiger charge is -2.41. The molecule has 1 aliphatic rings. The molecular weight excluding hydrogens is 554 g/mol. The van der Waals surface area contributed by atoms with Gasteiger partial charge in [-0.25, -0.2) is 9.78 Å². The molecule has 1 fully saturated rings. The Labute approximate surface area is 247 Å². The minimum absolute atomic E-state index is 0.0443. The monoisotopic (exact) mass is 585 g/mol. The first-order chi connectivity index (χ1) is 20.4. The lowest BCUT2D eigenvalue weighted by atomic mass is 9.91. The second-order valence-corrected chi connectivity index (χ2v) is 11.0. The number of aromatic carboxylic acids is 1. The topological polar surface area (TPSA) is 131 Å². The van der Waals surface area contributed by atoms with Gasteiger partial charge in [-0.1, -0.05) is 55.5 Å². The molecule has 5 rings (SSSR count). The summed E-state index contributed by atoms with van der Waals surface area (Å²) in [6.45, 7) is 2.36. The van der Waals surface area contributed by atoms with E-state index in [2.05, 4.69) is 22.2 Å². The highest BCUT2D eigenvalue weighted by Gasteiger charge is 2.38. The Balaban J connectivity index is 1.33. The number of thioether (sulfide) groups is 1. The highest BCUT2D eigenvalue weighted by molar-refractivity contribution is 7.99. The molecular formula is C32H31N3O6S. The van der Waals surface area contributed by atoms with Crippen LogP contribution in [0.2, 0.25) is 0 Å². The summed E-state index contributed by atoms with van der Waals surface area (Å²) in [4.78, 5) is 32.4. The number of nitrogens with zero attached hydrogens (tertiary/aromatic N) is 2. The van der Waals surface area contributed by atoms with Crippen molar-refractivity contribution in [1.82, 2.24) is 15.3 Å². The molecule has 216 valence electrons. The molecule has 1 amide bonds. The van der Waals surface area contributed by atoms with E-state index in [-0.39, 0.29) is 36.2 Å². The van der Waals surface area contributed by atoms with Crippen molar-refractivity contribution in [1.29, 1.82) is 0 Å². The van der Waals surface area contributed by atoms with Gasteiger partial charge < -0.3 is 25.0 Å². The number of carbonyl (C=O) groups is 2. The number of carboxylic acid groups (broad SMARTS) is 1. The molecule has 10 heteroatoms. The van der Waals surface area contributed by atoms with E-state index in [0.717, 1.165) is 22.3 Å². The molecule has 2 aromatic carbocycles. The van der Waals surface area contributed by atoms with Crippen molar-refractivity contribution >= 4 is 23.6 Å². The van der Waals surface area contributed by atoms with Gasteiger partial charge in [-0.05, 0) is 41.0 Å². The minimum Gasteiger partial charge on any atom is -0.478 e. The summed E-state index contributed by atoms with van der Waals surface area (Å²) < 4.78 is 13.0. The van der Waals surface area contributed by atoms with Crippen molar-refractivity contribution in [2.45, 2.75) is 43.6 Å². The molecule has 0 spiro atoms. The van der Waals surface area contributed by atoms with Gasteiger partial charge in [0.05, 0.1) is 29.9 Å². The van der Waals surface area contributed by atoms with Gasteiger partial charge in [-0.15, -0.1) is 11.8 Å². The number of nitrogens with one attached hydrogen (secondary N) is 1. The average molecular weight is 586 g/mol. The highest BCUT2D eigenvalue weighted by atomic mass is 32.2. The normalized spacial score (nSPS) is 20.1. The Hall–Kier alpha value is -4.09. The summed E-state index contributed by atoms with van der Waals surface area (Å²) in [6.07, 6.45) is 3.47. The zero-order valence-electron chi connectivity index (χ0n) is 22.9. The number of rotatable bonds is 10. The van der Waals surface area contributed by atoms with Crippen molar-refractivity contribution in [3.05, 3.63) is 125 Å². The first kappa shape index (κ1) is 29.4. The van der Waals surface area contributed by atoms with Crippen LogP contribution in [0.5, 0.6) is 0 Å². The maximum absolute atomic E-state index is 12.4. The third kappa shape index (κ3) is 7.03. The van der Waals surface area contributed by atoms with Gasteiger partial charge in [0.25, 0.3) is 5.91 Å². The molecule has 42 heavy (non-hydrogen) atoms. The van der Waals surface area contributed by atoms with E-state index in [4.69, 9.17) is 9.47 Å². The van der Waals surface area contributed by atoms with Crippen molar-refractivity contribution in [3.63, 3.8) is 0 Å². The molecule has 4 aromatic rings. The van der Waals surface area contributed by atoms with Crippen LogP contribution in [0.25, 0.3) is 0 Å². The summed E-state index contributed by atoms with van der Waals surface area (Å²) >= 11 is 1.35. The summed E-state index contributed by atoms with van der Waals surface area (Å²) in [5.41, 5.74) is 4.16. The molecule has 0 unspecified atom stereocenters. The Morgan fingerprint density at radius 3 is 2.33 bits per heavy atom. The average Bonchev–Trinajstić information content (AvgIpc) is 3.04. The molecule has 9 nitrogen and oxygen atoms in total. The molecule has 2 aromatic heterocycles. The number of aliphatic hydroxyl groups is 1. The predicted molar refractivity (Wildman–Crippen MR) is 157 cm³/mol. The fraction of sp³-hybridized carbons (Fsp3) is 0.250. The molecule has 1 aliphatic heterocycles. The summed E-state index contributed by atoms with van der Waals surface area (Å²) in [5.74, 6) is -0.813. The van der Waals surface area contributed by atoms with Gasteiger partial charge >= 0.3 is 5.97 Å². The van der Waals surface area contributed by atoms with Crippen LogP contribution in [0, 0.1) is 5.92 Å². The van der Waals surface area contributed by atoms with Crippen LogP contribution < -0.4 is 5.32 Å². The number of hydrogen-bond acceptors (Lipinski definition) is 8. The number of ether oxygens (including phenoxy) is 2. The number of carboxylic acids is 1. The number of aromatic nitrogens is 2. The largest absolute Gasteiger partial charge is 0.478 e. The van der Waals surface area contributed by atoms with E-state index >= 15 is 0 Å². The van der Waals surface area contributed by atoms with E-state index in [1.807, 2.05) is 48.5 Å². The molecule has 3 N–H and O–H groups in total. The Morgan fingerprint density at radius 2 is 1.64 bits per heavy atom. The quantitative estimate of drug-likeness (QED) is 0.216. The van der Waals surface area contributed by atoms with Crippen molar-refractivity contribution in [2.24, 2.45) is 5.92 Å². The van der Waals surface area contributed by atoms with Crippen LogP contribution in [0.1, 0.15) is 62.3 Å². The van der Waals surface area contributed by atoms with Crippen LogP contribution in [0.3, 0.4) is 0 Å². The molecule has 1 saturated heterocycles. The molecule has 0 radical (unpaired) electrons. The zero-order valence-corrected chi connectivity index (χ0v) is 23.7. The number of aliphatic hydroxyl groups excluding tert-OH is 1. The Bertz CT molecular complexity index is 1500. The fourth-order valence-electron chi connectivity index (χ4n) is 4.71. The first-order valence-corrected chi connectivity index (χ1v) is 14.5. The van der Waals surface area contributed by atoms with Crippen molar-refractivity contribution < 1.29 is 29.3 Å². The second-order valence-electron chi connectivity index (χ2n) is 9.96. The molecule has 3 heterocycles. The third-order valence-corrected chi connectivity index (χ3v) is 8.23. The predicted octanol–water partition coefficient (Wildman–Crippen LogP) is 5.18. The highest BCUT2D eigenvalue weighted by Crippen LogP contribution is 2.43. The summed E-state index contributed by atoms with van der Waals surface area (Å²) in [7, 11) is 0. The Morgan fingerprint density at radius 1 is 0.929 bits per heavy atom. The molecule has 4 atom stereocenters. The van der Waals surface area contributed by atoms with Gasteiger partial charge in [0.1, 0.15) is 5.03 Å². The third-order valence-electron chi connectivity index (χ3n) is 7.14. The Kier molecular flexibility index (Phi) is 9.60. The van der Waals surface area contributed by atoms with Crippen molar-refractivity contribution in [3.8, 4) is 0 Å². The SMILES string of the molecule is C[C@H]1[C@@H](CSc2ncccc2C(=O)O)O[C@@H](c2ccc(CNC(=O)c3cccnc3)cc2)O[C@H]1c1ccc(CO)cc1. The maximum atomic E-state index is 12.4. The minimum atomic E-state index is -1.03. The standard InChI is InChI=1S/C32H31N3O6S/c1-20-27(19-42-30-26(31(38)39)5-3-15-34-30)40-32(41-28(20)23-10-8-22(18-36)9-11-23)24-12-6-21(7-13-24)16-35-29(37)25-4-2-14-33-17-25/h2-15,17,20,27-28,32,36H,16,18-19H2,1H3,(H,35,37)(H,38,39)/t20-,27+,28+,32+/m0/s1. The lowest BCUT2D eigenvalue weighted by molar-refractivity contribution is -0.268. The number of amides is 1. The fourth-order valence-corrected chi connectivity index (χ4v) is 5.86. The van der Waals surface area contributed by atoms with Crippen LogP contribution in [-0.2, 0) is 22.6 Å². The number of carbonyl (C=O) groups excluding carboxylic acids is 1. The summed E-state index contributed by atoms with van der Waals surface area (Å²) in [6, 6.07) is 21.9. The molecule has 0 aliphatic carbocycles. The number of hydrogen-bond donors (Lipinski definition) is 3. The van der Waals surface area contributed by atoms with Crippen LogP contribution in [0.4, 0.5) is 0 Å². The summed E-state index contributed by atoms with van der Waals surface area (Å²) in [5, 5.41) is 22.4. The lowest BCUT2D eigenvalue weighted by Crippen LogP contribution is -2.38. The van der Waals surface area contributed by atoms with Crippen LogP contribution in [-0.4, -0.2) is 43.9 Å². The van der Waals surface area contributed by atoms with Gasteiger partial charge in [0.15, 0.2) is 6.29 Å². The van der Waals surface area contributed by atoms with Gasteiger partial charge in [-0.2, -0.15) is 0 Å². The van der Waals surface area contributed by atoms with E-state index < -0.39 is 12.3 Å². The maximum Gasteiger partial charge on any atom is 0.338 e. The smallest absolute Gasteiger partial charge is 0.338 e. The van der Waals surface area contributed by atoms with Gasteiger partial charge in [0, 0.05) is 42.4 Å².